The highest BCUT2D eigenvalue weighted by Crippen LogP contribution is 2.37. The van der Waals surface area contributed by atoms with E-state index in [0.717, 1.165) is 18.4 Å². The van der Waals surface area contributed by atoms with Gasteiger partial charge in [0.15, 0.2) is 5.65 Å². The number of benzene rings is 1. The molecule has 9 nitrogen and oxygen atoms in total. The van der Waals surface area contributed by atoms with Gasteiger partial charge in [-0.2, -0.15) is 5.10 Å². The molecule has 0 bridgehead atoms. The van der Waals surface area contributed by atoms with E-state index in [1.165, 1.54) is 12.4 Å². The summed E-state index contributed by atoms with van der Waals surface area (Å²) in [5.74, 6) is 1.47. The fourth-order valence-electron chi connectivity index (χ4n) is 4.24. The lowest BCUT2D eigenvalue weighted by Crippen LogP contribution is -2.40. The van der Waals surface area contributed by atoms with Crippen molar-refractivity contribution in [2.75, 3.05) is 18.8 Å². The second-order valence-electron chi connectivity index (χ2n) is 8.05. The summed E-state index contributed by atoms with van der Waals surface area (Å²) in [5, 5.41) is 5.96. The summed E-state index contributed by atoms with van der Waals surface area (Å²) in [6.45, 7) is 5.09. The van der Waals surface area contributed by atoms with Crippen LogP contribution in [0.2, 0.25) is 5.02 Å². The average molecular weight is 479 g/mol. The van der Waals surface area contributed by atoms with E-state index in [2.05, 4.69) is 16.5 Å². The Bertz CT molecular complexity index is 1350. The molecule has 0 spiro atoms. The maximum Gasteiger partial charge on any atom is 0.246 e. The van der Waals surface area contributed by atoms with E-state index in [1.54, 1.807) is 29.4 Å². The number of likely N-dealkylation sites (tertiary alicyclic amines) is 1. The van der Waals surface area contributed by atoms with Crippen LogP contribution in [-0.2, 0) is 11.4 Å². The minimum Gasteiger partial charge on any atom is -0.484 e. The Hall–Kier alpha value is -3.85. The van der Waals surface area contributed by atoms with Crippen LogP contribution in [0.25, 0.3) is 22.3 Å². The topological polar surface area (TPSA) is 112 Å². The predicted molar refractivity (Wildman–Crippen MR) is 128 cm³/mol. The first-order chi connectivity index (χ1) is 16.5. The van der Waals surface area contributed by atoms with Crippen molar-refractivity contribution in [2.45, 2.75) is 25.5 Å². The SMILES string of the molecule is C=CC(=O)N1CCCC(n2nc(-c3ccc(OCc4ccco4)c(Cl)c3)c3c(N)ncnc32)C1. The van der Waals surface area contributed by atoms with Crippen molar-refractivity contribution in [1.82, 2.24) is 24.6 Å². The molecule has 0 radical (unpaired) electrons. The van der Waals surface area contributed by atoms with Crippen molar-refractivity contribution < 1.29 is 13.9 Å². The lowest BCUT2D eigenvalue weighted by molar-refractivity contribution is -0.127. The highest BCUT2D eigenvalue weighted by molar-refractivity contribution is 6.32. The number of hydrogen-bond donors (Lipinski definition) is 1. The third-order valence-corrected chi connectivity index (χ3v) is 6.20. The number of nitrogen functional groups attached to an aromatic ring is 1. The molecule has 1 fully saturated rings. The highest BCUT2D eigenvalue weighted by Gasteiger charge is 2.28. The Morgan fingerprint density at radius 3 is 3.00 bits per heavy atom. The monoisotopic (exact) mass is 478 g/mol. The van der Waals surface area contributed by atoms with Crippen LogP contribution >= 0.6 is 11.6 Å². The number of amides is 1. The first-order valence-electron chi connectivity index (χ1n) is 10.9. The first kappa shape index (κ1) is 22.0. The Balaban J connectivity index is 1.50. The molecule has 1 atom stereocenters. The van der Waals surface area contributed by atoms with Crippen molar-refractivity contribution >= 4 is 34.4 Å². The second-order valence-corrected chi connectivity index (χ2v) is 8.46. The van der Waals surface area contributed by atoms with Crippen LogP contribution in [0.4, 0.5) is 5.82 Å². The highest BCUT2D eigenvalue weighted by atomic mass is 35.5. The smallest absolute Gasteiger partial charge is 0.246 e. The number of carbonyl (C=O) groups is 1. The molecule has 0 aliphatic carbocycles. The Kier molecular flexibility index (Phi) is 5.93. The summed E-state index contributed by atoms with van der Waals surface area (Å²) >= 11 is 6.53. The predicted octanol–water partition coefficient (Wildman–Crippen LogP) is 4.25. The Morgan fingerprint density at radius 2 is 2.24 bits per heavy atom. The molecule has 3 aromatic heterocycles. The normalized spacial score (nSPS) is 16.0. The van der Waals surface area contributed by atoms with E-state index < -0.39 is 0 Å². The van der Waals surface area contributed by atoms with Gasteiger partial charge in [-0.1, -0.05) is 18.2 Å². The number of ether oxygens (including phenoxy) is 1. The number of piperidine rings is 1. The minimum atomic E-state index is -0.0903. The summed E-state index contributed by atoms with van der Waals surface area (Å²) in [7, 11) is 0. The number of halogens is 1. The van der Waals surface area contributed by atoms with E-state index in [1.807, 2.05) is 16.8 Å². The molecule has 1 aliphatic rings. The summed E-state index contributed by atoms with van der Waals surface area (Å²) in [5.41, 5.74) is 8.26. The average Bonchev–Trinajstić information content (AvgIpc) is 3.51. The zero-order valence-corrected chi connectivity index (χ0v) is 19.1. The molecule has 174 valence electrons. The number of nitrogens with zero attached hydrogens (tertiary/aromatic N) is 5. The second kappa shape index (κ2) is 9.18. The summed E-state index contributed by atoms with van der Waals surface area (Å²) in [6.07, 6.45) is 6.08. The first-order valence-corrected chi connectivity index (χ1v) is 11.3. The molecule has 5 rings (SSSR count). The van der Waals surface area contributed by atoms with Crippen LogP contribution in [0.1, 0.15) is 24.6 Å². The number of rotatable bonds is 6. The minimum absolute atomic E-state index is 0.0467. The molecule has 10 heteroatoms. The molecule has 4 heterocycles. The van der Waals surface area contributed by atoms with E-state index in [9.17, 15) is 4.79 Å². The van der Waals surface area contributed by atoms with Gasteiger partial charge in [-0.15, -0.1) is 0 Å². The van der Waals surface area contributed by atoms with Crippen molar-refractivity contribution in [1.29, 1.82) is 0 Å². The van der Waals surface area contributed by atoms with Crippen molar-refractivity contribution in [3.8, 4) is 17.0 Å². The van der Waals surface area contributed by atoms with Crippen LogP contribution in [0.5, 0.6) is 5.75 Å². The van der Waals surface area contributed by atoms with Crippen molar-refractivity contribution in [3.05, 3.63) is 66.4 Å². The third kappa shape index (κ3) is 4.10. The van der Waals surface area contributed by atoms with Gasteiger partial charge in [0, 0.05) is 18.7 Å². The van der Waals surface area contributed by atoms with Crippen LogP contribution in [0.15, 0.2) is 60.0 Å². The molecule has 1 saturated heterocycles. The number of furan rings is 1. The maximum atomic E-state index is 12.2. The van der Waals surface area contributed by atoms with Crippen molar-refractivity contribution in [2.24, 2.45) is 0 Å². The fourth-order valence-corrected chi connectivity index (χ4v) is 4.48. The molecule has 1 unspecified atom stereocenters. The molecule has 1 amide bonds. The van der Waals surface area contributed by atoms with E-state index >= 15 is 0 Å². The number of hydrogen-bond acceptors (Lipinski definition) is 7. The maximum absolute atomic E-state index is 12.2. The molecule has 1 aliphatic heterocycles. The molecule has 1 aromatic carbocycles. The summed E-state index contributed by atoms with van der Waals surface area (Å²) < 4.78 is 12.9. The third-order valence-electron chi connectivity index (χ3n) is 5.90. The number of aromatic nitrogens is 4. The van der Waals surface area contributed by atoms with Gasteiger partial charge in [0.1, 0.15) is 36.0 Å². The molecule has 34 heavy (non-hydrogen) atoms. The van der Waals surface area contributed by atoms with E-state index in [4.69, 9.17) is 31.6 Å². The lowest BCUT2D eigenvalue weighted by atomic mass is 10.1. The Morgan fingerprint density at radius 1 is 1.35 bits per heavy atom. The molecular formula is C24H23ClN6O3. The van der Waals surface area contributed by atoms with E-state index in [-0.39, 0.29) is 18.6 Å². The van der Waals surface area contributed by atoms with Crippen molar-refractivity contribution in [3.63, 3.8) is 0 Å². The van der Waals surface area contributed by atoms with Gasteiger partial charge in [0.05, 0.1) is 22.7 Å². The number of nitrogens with two attached hydrogens (primary N) is 1. The fraction of sp³-hybridized carbons (Fsp3) is 0.250. The van der Waals surface area contributed by atoms with Gasteiger partial charge in [0.2, 0.25) is 5.91 Å². The van der Waals surface area contributed by atoms with Gasteiger partial charge in [0.25, 0.3) is 0 Å². The van der Waals surface area contributed by atoms with Crippen LogP contribution in [0, 0.1) is 0 Å². The number of anilines is 1. The van der Waals surface area contributed by atoms with Crippen LogP contribution < -0.4 is 10.5 Å². The van der Waals surface area contributed by atoms with Gasteiger partial charge in [-0.3, -0.25) is 4.79 Å². The molecular weight excluding hydrogens is 456 g/mol. The number of carbonyl (C=O) groups excluding carboxylic acids is 1. The standard InChI is InChI=1S/C24H23ClN6O3/c1-2-20(32)30-9-3-5-16(12-30)31-24-21(23(26)27-14-28-24)22(29-31)15-7-8-19(18(25)11-15)34-13-17-6-4-10-33-17/h2,4,6-8,10-11,14,16H,1,3,5,9,12-13H2,(H2,26,27,28). The van der Waals surface area contributed by atoms with Crippen LogP contribution in [-0.4, -0.2) is 43.6 Å². The van der Waals surface area contributed by atoms with Gasteiger partial charge >= 0.3 is 0 Å². The zero-order chi connectivity index (χ0) is 23.7. The number of fused-ring (bicyclic) bond motifs is 1. The van der Waals surface area contributed by atoms with Gasteiger partial charge in [-0.25, -0.2) is 14.6 Å². The van der Waals surface area contributed by atoms with Crippen LogP contribution in [0.3, 0.4) is 0 Å². The molecule has 2 N–H and O–H groups in total. The lowest BCUT2D eigenvalue weighted by Gasteiger charge is -2.32. The molecule has 4 aromatic rings. The summed E-state index contributed by atoms with van der Waals surface area (Å²) in [4.78, 5) is 22.6. The zero-order valence-electron chi connectivity index (χ0n) is 18.4. The Labute approximate surface area is 200 Å². The quantitative estimate of drug-likeness (QED) is 0.412. The van der Waals surface area contributed by atoms with E-state index in [0.29, 0.717) is 52.2 Å². The molecule has 0 saturated carbocycles. The largest absolute Gasteiger partial charge is 0.484 e. The summed E-state index contributed by atoms with van der Waals surface area (Å²) in [6, 6.07) is 9.03. The van der Waals surface area contributed by atoms with Gasteiger partial charge in [-0.05, 0) is 49.2 Å². The van der Waals surface area contributed by atoms with Gasteiger partial charge < -0.3 is 19.8 Å².